The summed E-state index contributed by atoms with van der Waals surface area (Å²) < 4.78 is 33.5. The van der Waals surface area contributed by atoms with E-state index in [-0.39, 0.29) is 30.5 Å². The van der Waals surface area contributed by atoms with E-state index in [1.165, 1.54) is 12.1 Å². The van der Waals surface area contributed by atoms with Gasteiger partial charge in [-0.1, -0.05) is 17.3 Å². The lowest BCUT2D eigenvalue weighted by atomic mass is 10.1. The molecule has 1 amide bonds. The van der Waals surface area contributed by atoms with Gasteiger partial charge in [-0.2, -0.15) is 13.8 Å². The quantitative estimate of drug-likeness (QED) is 0.697. The molecule has 1 N–H and O–H groups in total. The highest BCUT2D eigenvalue weighted by Crippen LogP contribution is 2.16. The van der Waals surface area contributed by atoms with Gasteiger partial charge in [0.15, 0.2) is 0 Å². The van der Waals surface area contributed by atoms with Crippen molar-refractivity contribution >= 4 is 5.91 Å². The fourth-order valence-corrected chi connectivity index (χ4v) is 2.16. The van der Waals surface area contributed by atoms with Crippen LogP contribution < -0.4 is 10.1 Å². The third kappa shape index (κ3) is 4.82. The van der Waals surface area contributed by atoms with Crippen LogP contribution in [-0.2, 0) is 17.8 Å². The Balaban J connectivity index is 1.50. The van der Waals surface area contributed by atoms with Crippen LogP contribution in [0.5, 0.6) is 5.75 Å². The molecule has 0 aliphatic carbocycles. The second kappa shape index (κ2) is 8.15. The molecule has 2 heterocycles. The average molecular weight is 360 g/mol. The van der Waals surface area contributed by atoms with Gasteiger partial charge < -0.3 is 14.6 Å². The van der Waals surface area contributed by atoms with Crippen LogP contribution in [0.3, 0.4) is 0 Å². The highest BCUT2D eigenvalue weighted by atomic mass is 19.3. The number of pyridine rings is 1. The van der Waals surface area contributed by atoms with Crippen molar-refractivity contribution < 1.29 is 22.8 Å². The van der Waals surface area contributed by atoms with Crippen LogP contribution in [0.15, 0.2) is 53.3 Å². The normalized spacial score (nSPS) is 10.7. The van der Waals surface area contributed by atoms with Gasteiger partial charge in [0.05, 0.1) is 13.0 Å². The third-order valence-electron chi connectivity index (χ3n) is 3.36. The Bertz CT molecular complexity index is 854. The standard InChI is InChI=1S/C17H14F2N4O3/c18-17(19)25-13-3-1-11(2-4-13)9-14(24)21-10-15-22-16(23-26-15)12-5-7-20-8-6-12/h1-8,17H,9-10H2,(H,21,24). The molecular weight excluding hydrogens is 346 g/mol. The summed E-state index contributed by atoms with van der Waals surface area (Å²) in [4.78, 5) is 20.1. The van der Waals surface area contributed by atoms with Crippen molar-refractivity contribution in [1.29, 1.82) is 0 Å². The molecular formula is C17H14F2N4O3. The van der Waals surface area contributed by atoms with Gasteiger partial charge in [-0.15, -0.1) is 0 Å². The molecule has 0 bridgehead atoms. The van der Waals surface area contributed by atoms with Crippen LogP contribution in [0.1, 0.15) is 11.5 Å². The Kier molecular flexibility index (Phi) is 5.47. The Morgan fingerprint density at radius 3 is 2.58 bits per heavy atom. The number of nitrogens with zero attached hydrogens (tertiary/aromatic N) is 3. The molecule has 1 aromatic carbocycles. The molecule has 3 aromatic rings. The predicted molar refractivity (Wildman–Crippen MR) is 86.2 cm³/mol. The fourth-order valence-electron chi connectivity index (χ4n) is 2.16. The van der Waals surface area contributed by atoms with Crippen LogP contribution in [0.4, 0.5) is 8.78 Å². The second-order valence-electron chi connectivity index (χ2n) is 5.22. The maximum absolute atomic E-state index is 12.1. The second-order valence-corrected chi connectivity index (χ2v) is 5.22. The molecule has 9 heteroatoms. The summed E-state index contributed by atoms with van der Waals surface area (Å²) >= 11 is 0. The van der Waals surface area contributed by atoms with E-state index in [0.29, 0.717) is 11.4 Å². The van der Waals surface area contributed by atoms with Gasteiger partial charge >= 0.3 is 6.61 Å². The summed E-state index contributed by atoms with van der Waals surface area (Å²) in [5.74, 6) is 0.451. The number of alkyl halides is 2. The summed E-state index contributed by atoms with van der Waals surface area (Å²) in [6.45, 7) is -2.79. The number of hydrogen-bond donors (Lipinski definition) is 1. The number of nitrogens with one attached hydrogen (secondary N) is 1. The molecule has 0 saturated heterocycles. The minimum atomic E-state index is -2.88. The number of ether oxygens (including phenoxy) is 1. The summed E-state index contributed by atoms with van der Waals surface area (Å²) in [5.41, 5.74) is 1.42. The van der Waals surface area contributed by atoms with Gasteiger partial charge in [0.2, 0.25) is 17.6 Å². The van der Waals surface area contributed by atoms with Gasteiger partial charge in [0.1, 0.15) is 5.75 Å². The van der Waals surface area contributed by atoms with E-state index in [1.807, 2.05) is 0 Å². The Morgan fingerprint density at radius 2 is 1.88 bits per heavy atom. The highest BCUT2D eigenvalue weighted by molar-refractivity contribution is 5.78. The van der Waals surface area contributed by atoms with E-state index in [1.54, 1.807) is 36.7 Å². The SMILES string of the molecule is O=C(Cc1ccc(OC(F)F)cc1)NCc1nc(-c2ccncc2)no1. The first-order valence-electron chi connectivity index (χ1n) is 7.63. The molecule has 0 saturated carbocycles. The van der Waals surface area contributed by atoms with E-state index >= 15 is 0 Å². The molecule has 0 fully saturated rings. The van der Waals surface area contributed by atoms with Crippen molar-refractivity contribution in [3.8, 4) is 17.1 Å². The zero-order valence-corrected chi connectivity index (χ0v) is 13.4. The van der Waals surface area contributed by atoms with Crippen molar-refractivity contribution in [3.05, 3.63) is 60.2 Å². The van der Waals surface area contributed by atoms with Crippen LogP contribution in [0.25, 0.3) is 11.4 Å². The summed E-state index contributed by atoms with van der Waals surface area (Å²) in [7, 11) is 0. The van der Waals surface area contributed by atoms with Gasteiger partial charge in [-0.05, 0) is 29.8 Å². The number of aromatic nitrogens is 3. The number of carbonyl (C=O) groups is 1. The van der Waals surface area contributed by atoms with E-state index in [9.17, 15) is 13.6 Å². The molecule has 134 valence electrons. The van der Waals surface area contributed by atoms with Gasteiger partial charge in [0.25, 0.3) is 0 Å². The van der Waals surface area contributed by atoms with Crippen molar-refractivity contribution in [2.75, 3.05) is 0 Å². The topological polar surface area (TPSA) is 90.1 Å². The minimum absolute atomic E-state index is 0.0404. The predicted octanol–water partition coefficient (Wildman–Crippen LogP) is 2.59. The molecule has 0 aliphatic rings. The summed E-state index contributed by atoms with van der Waals surface area (Å²) in [6.07, 6.45) is 3.32. The van der Waals surface area contributed by atoms with E-state index < -0.39 is 6.61 Å². The lowest BCUT2D eigenvalue weighted by molar-refractivity contribution is -0.120. The first kappa shape index (κ1) is 17.5. The zero-order valence-electron chi connectivity index (χ0n) is 13.4. The lowest BCUT2D eigenvalue weighted by Crippen LogP contribution is -2.24. The summed E-state index contributed by atoms with van der Waals surface area (Å²) in [5, 5.41) is 6.50. The first-order chi connectivity index (χ1) is 12.6. The number of hydrogen-bond acceptors (Lipinski definition) is 6. The first-order valence-corrected chi connectivity index (χ1v) is 7.63. The minimum Gasteiger partial charge on any atom is -0.435 e. The number of amides is 1. The molecule has 0 radical (unpaired) electrons. The monoisotopic (exact) mass is 360 g/mol. The highest BCUT2D eigenvalue weighted by Gasteiger charge is 2.10. The molecule has 7 nitrogen and oxygen atoms in total. The van der Waals surface area contributed by atoms with Crippen LogP contribution >= 0.6 is 0 Å². The van der Waals surface area contributed by atoms with Crippen LogP contribution in [0, 0.1) is 0 Å². The van der Waals surface area contributed by atoms with E-state index in [4.69, 9.17) is 4.52 Å². The smallest absolute Gasteiger partial charge is 0.387 e. The summed E-state index contributed by atoms with van der Waals surface area (Å²) in [6, 6.07) is 9.35. The molecule has 0 spiro atoms. The molecule has 0 aliphatic heterocycles. The molecule has 2 aromatic heterocycles. The van der Waals surface area contributed by atoms with Gasteiger partial charge in [-0.25, -0.2) is 0 Å². The third-order valence-corrected chi connectivity index (χ3v) is 3.36. The number of rotatable bonds is 7. The molecule has 26 heavy (non-hydrogen) atoms. The molecule has 3 rings (SSSR count). The number of halogens is 2. The molecule has 0 unspecified atom stereocenters. The van der Waals surface area contributed by atoms with E-state index in [2.05, 4.69) is 25.2 Å². The number of carbonyl (C=O) groups excluding carboxylic acids is 1. The average Bonchev–Trinajstić information content (AvgIpc) is 3.11. The maximum Gasteiger partial charge on any atom is 0.387 e. The van der Waals surface area contributed by atoms with Crippen LogP contribution in [-0.4, -0.2) is 27.6 Å². The van der Waals surface area contributed by atoms with Crippen LogP contribution in [0.2, 0.25) is 0 Å². The lowest BCUT2D eigenvalue weighted by Gasteiger charge is -2.06. The Hall–Kier alpha value is -3.36. The van der Waals surface area contributed by atoms with E-state index in [0.717, 1.165) is 5.56 Å². The number of benzene rings is 1. The van der Waals surface area contributed by atoms with Crippen molar-refractivity contribution in [2.45, 2.75) is 19.6 Å². The molecule has 0 atom stereocenters. The Labute approximate surface area is 147 Å². The van der Waals surface area contributed by atoms with Crippen molar-refractivity contribution in [2.24, 2.45) is 0 Å². The van der Waals surface area contributed by atoms with Gasteiger partial charge in [0, 0.05) is 18.0 Å². The zero-order chi connectivity index (χ0) is 18.4. The van der Waals surface area contributed by atoms with Crippen molar-refractivity contribution in [1.82, 2.24) is 20.4 Å². The Morgan fingerprint density at radius 1 is 1.15 bits per heavy atom. The maximum atomic E-state index is 12.1. The van der Waals surface area contributed by atoms with Crippen molar-refractivity contribution in [3.63, 3.8) is 0 Å². The van der Waals surface area contributed by atoms with Gasteiger partial charge in [-0.3, -0.25) is 9.78 Å². The fraction of sp³-hybridized carbons (Fsp3) is 0.176. The largest absolute Gasteiger partial charge is 0.435 e.